The van der Waals surface area contributed by atoms with Crippen LogP contribution in [0.1, 0.15) is 58.7 Å². The first-order chi connectivity index (χ1) is 7.09. The molecule has 1 aromatic rings. The second-order valence-electron chi connectivity index (χ2n) is 4.92. The van der Waals surface area contributed by atoms with Crippen LogP contribution in [-0.2, 0) is 6.42 Å². The van der Waals surface area contributed by atoms with Gasteiger partial charge in [-0.15, -0.1) is 5.10 Å². The first-order valence-corrected chi connectivity index (χ1v) is 6.00. The summed E-state index contributed by atoms with van der Waals surface area (Å²) in [5.41, 5.74) is 1.13. The molecule has 0 fully saturated rings. The monoisotopic (exact) mass is 209 g/mol. The van der Waals surface area contributed by atoms with Gasteiger partial charge < -0.3 is 0 Å². The molecule has 1 aromatic heterocycles. The Balaban J connectivity index is 2.26. The van der Waals surface area contributed by atoms with E-state index in [-0.39, 0.29) is 0 Å². The van der Waals surface area contributed by atoms with Crippen LogP contribution in [0.15, 0.2) is 6.20 Å². The molecule has 15 heavy (non-hydrogen) atoms. The van der Waals surface area contributed by atoms with Crippen LogP contribution in [-0.4, -0.2) is 15.0 Å². The highest BCUT2D eigenvalue weighted by Gasteiger charge is 2.03. The molecule has 0 amide bonds. The van der Waals surface area contributed by atoms with Gasteiger partial charge in [0.2, 0.25) is 0 Å². The van der Waals surface area contributed by atoms with Crippen molar-refractivity contribution in [1.29, 1.82) is 0 Å². The van der Waals surface area contributed by atoms with E-state index in [0.29, 0.717) is 6.04 Å². The molecule has 0 aromatic carbocycles. The summed E-state index contributed by atoms with van der Waals surface area (Å²) in [6, 6.07) is 0.418. The van der Waals surface area contributed by atoms with Crippen molar-refractivity contribution in [2.45, 2.75) is 59.4 Å². The van der Waals surface area contributed by atoms with Crippen LogP contribution in [0.2, 0.25) is 0 Å². The smallest absolute Gasteiger partial charge is 0.0827 e. The van der Waals surface area contributed by atoms with Crippen molar-refractivity contribution in [1.82, 2.24) is 15.0 Å². The van der Waals surface area contributed by atoms with Gasteiger partial charge in [0.1, 0.15) is 0 Å². The van der Waals surface area contributed by atoms with Crippen molar-refractivity contribution in [2.24, 2.45) is 5.92 Å². The summed E-state index contributed by atoms with van der Waals surface area (Å²) >= 11 is 0. The number of rotatable bonds is 6. The molecule has 0 aliphatic rings. The minimum absolute atomic E-state index is 0.418. The van der Waals surface area contributed by atoms with Crippen molar-refractivity contribution in [3.63, 3.8) is 0 Å². The number of unbranched alkanes of at least 4 members (excludes halogenated alkanes) is 1. The van der Waals surface area contributed by atoms with Gasteiger partial charge >= 0.3 is 0 Å². The van der Waals surface area contributed by atoms with Crippen molar-refractivity contribution in [3.8, 4) is 0 Å². The molecule has 0 radical (unpaired) electrons. The first kappa shape index (κ1) is 12.2. The fourth-order valence-electron chi connectivity index (χ4n) is 1.54. The summed E-state index contributed by atoms with van der Waals surface area (Å²) in [5.74, 6) is 0.816. The Labute approximate surface area is 92.9 Å². The van der Waals surface area contributed by atoms with Crippen LogP contribution in [0.3, 0.4) is 0 Å². The molecular weight excluding hydrogens is 186 g/mol. The maximum Gasteiger partial charge on any atom is 0.0827 e. The minimum Gasteiger partial charge on any atom is -0.250 e. The fourth-order valence-corrected chi connectivity index (χ4v) is 1.54. The van der Waals surface area contributed by atoms with E-state index in [1.165, 1.54) is 19.3 Å². The summed E-state index contributed by atoms with van der Waals surface area (Å²) in [4.78, 5) is 0. The maximum atomic E-state index is 4.17. The highest BCUT2D eigenvalue weighted by atomic mass is 15.4. The van der Waals surface area contributed by atoms with Gasteiger partial charge in [-0.25, -0.2) is 4.68 Å². The van der Waals surface area contributed by atoms with Gasteiger partial charge in [0.15, 0.2) is 0 Å². The van der Waals surface area contributed by atoms with Gasteiger partial charge in [-0.2, -0.15) is 0 Å². The molecule has 0 saturated heterocycles. The van der Waals surface area contributed by atoms with Crippen LogP contribution in [0.25, 0.3) is 0 Å². The zero-order chi connectivity index (χ0) is 11.3. The zero-order valence-corrected chi connectivity index (χ0v) is 10.4. The molecule has 0 N–H and O–H groups in total. The molecule has 0 aliphatic heterocycles. The lowest BCUT2D eigenvalue weighted by Crippen LogP contribution is -2.00. The topological polar surface area (TPSA) is 30.7 Å². The van der Waals surface area contributed by atoms with E-state index >= 15 is 0 Å². The maximum absolute atomic E-state index is 4.17. The van der Waals surface area contributed by atoms with Crippen LogP contribution >= 0.6 is 0 Å². The summed E-state index contributed by atoms with van der Waals surface area (Å²) in [6.07, 6.45) is 6.99. The lowest BCUT2D eigenvalue weighted by Gasteiger charge is -2.02. The Kier molecular flexibility index (Phi) is 4.79. The molecule has 3 nitrogen and oxygen atoms in total. The average molecular weight is 209 g/mol. The van der Waals surface area contributed by atoms with E-state index in [1.807, 2.05) is 4.68 Å². The number of hydrogen-bond donors (Lipinski definition) is 0. The predicted octanol–water partition coefficient (Wildman–Crippen LogP) is 3.23. The van der Waals surface area contributed by atoms with E-state index in [4.69, 9.17) is 0 Å². The third-order valence-electron chi connectivity index (χ3n) is 2.55. The van der Waals surface area contributed by atoms with E-state index < -0.39 is 0 Å². The Morgan fingerprint density at radius 2 is 1.93 bits per heavy atom. The normalized spacial score (nSPS) is 11.6. The van der Waals surface area contributed by atoms with E-state index in [1.54, 1.807) is 0 Å². The third kappa shape index (κ3) is 4.45. The second kappa shape index (κ2) is 5.89. The largest absolute Gasteiger partial charge is 0.250 e. The Hall–Kier alpha value is -0.860. The van der Waals surface area contributed by atoms with Crippen molar-refractivity contribution < 1.29 is 0 Å². The predicted molar refractivity (Wildman–Crippen MR) is 62.8 cm³/mol. The SMILES string of the molecule is CC(C)CCCCc1cn(C(C)C)nn1. The molecule has 3 heteroatoms. The summed E-state index contributed by atoms with van der Waals surface area (Å²) in [6.45, 7) is 8.79. The molecule has 1 heterocycles. The van der Waals surface area contributed by atoms with E-state index in [9.17, 15) is 0 Å². The quantitative estimate of drug-likeness (QED) is 0.673. The minimum atomic E-state index is 0.418. The summed E-state index contributed by atoms with van der Waals surface area (Å²) in [5, 5.41) is 8.26. The lowest BCUT2D eigenvalue weighted by atomic mass is 10.0. The second-order valence-corrected chi connectivity index (χ2v) is 4.92. The molecule has 0 bridgehead atoms. The highest BCUT2D eigenvalue weighted by Crippen LogP contribution is 2.10. The van der Waals surface area contributed by atoms with Gasteiger partial charge in [-0.1, -0.05) is 31.9 Å². The number of hydrogen-bond acceptors (Lipinski definition) is 2. The Morgan fingerprint density at radius 3 is 2.47 bits per heavy atom. The standard InChI is InChI=1S/C12H23N3/c1-10(2)7-5-6-8-12-9-15(11(3)4)14-13-12/h9-11H,5-8H2,1-4H3. The number of nitrogens with zero attached hydrogens (tertiary/aromatic N) is 3. The van der Waals surface area contributed by atoms with E-state index in [2.05, 4.69) is 44.2 Å². The van der Waals surface area contributed by atoms with Crippen LogP contribution in [0.4, 0.5) is 0 Å². The van der Waals surface area contributed by atoms with Gasteiger partial charge in [0.05, 0.1) is 5.69 Å². The molecule has 0 aliphatic carbocycles. The molecule has 0 unspecified atom stereocenters. The molecule has 0 spiro atoms. The number of aromatic nitrogens is 3. The zero-order valence-electron chi connectivity index (χ0n) is 10.4. The molecule has 0 atom stereocenters. The van der Waals surface area contributed by atoms with Crippen molar-refractivity contribution >= 4 is 0 Å². The van der Waals surface area contributed by atoms with Crippen LogP contribution in [0, 0.1) is 5.92 Å². The van der Waals surface area contributed by atoms with Gasteiger partial charge in [-0.05, 0) is 32.6 Å². The van der Waals surface area contributed by atoms with Crippen LogP contribution in [0.5, 0.6) is 0 Å². The lowest BCUT2D eigenvalue weighted by molar-refractivity contribution is 0.514. The molecule has 1 rings (SSSR count). The average Bonchev–Trinajstić information content (AvgIpc) is 2.60. The third-order valence-corrected chi connectivity index (χ3v) is 2.55. The van der Waals surface area contributed by atoms with Gasteiger partial charge in [0, 0.05) is 12.2 Å². The fraction of sp³-hybridized carbons (Fsp3) is 0.833. The van der Waals surface area contributed by atoms with Gasteiger partial charge in [-0.3, -0.25) is 0 Å². The van der Waals surface area contributed by atoms with Crippen LogP contribution < -0.4 is 0 Å². The Morgan fingerprint density at radius 1 is 1.20 bits per heavy atom. The summed E-state index contributed by atoms with van der Waals surface area (Å²) in [7, 11) is 0. The Bertz CT molecular complexity index is 276. The summed E-state index contributed by atoms with van der Waals surface area (Å²) < 4.78 is 1.93. The number of aryl methyl sites for hydroxylation is 1. The molecule has 0 saturated carbocycles. The highest BCUT2D eigenvalue weighted by molar-refractivity contribution is 4.92. The van der Waals surface area contributed by atoms with Gasteiger partial charge in [0.25, 0.3) is 0 Å². The van der Waals surface area contributed by atoms with Crippen molar-refractivity contribution in [3.05, 3.63) is 11.9 Å². The first-order valence-electron chi connectivity index (χ1n) is 6.00. The van der Waals surface area contributed by atoms with Crippen molar-refractivity contribution in [2.75, 3.05) is 0 Å². The molecule has 86 valence electrons. The van der Waals surface area contributed by atoms with E-state index in [0.717, 1.165) is 18.0 Å². The molecular formula is C12H23N3.